The summed E-state index contributed by atoms with van der Waals surface area (Å²) in [6.45, 7) is 1.77. The van der Waals surface area contributed by atoms with Gasteiger partial charge in [0.25, 0.3) is 0 Å². The molecule has 10 heteroatoms. The summed E-state index contributed by atoms with van der Waals surface area (Å²) in [5.74, 6) is -1.53. The lowest BCUT2D eigenvalue weighted by Gasteiger charge is -2.15. The molecule has 24 heavy (non-hydrogen) atoms. The van der Waals surface area contributed by atoms with Crippen LogP contribution in [0.5, 0.6) is 0 Å². The van der Waals surface area contributed by atoms with Gasteiger partial charge < -0.3 is 9.88 Å². The first-order valence-electron chi connectivity index (χ1n) is 6.83. The third kappa shape index (κ3) is 4.41. The molecule has 1 unspecified atom stereocenters. The van der Waals surface area contributed by atoms with Gasteiger partial charge in [-0.3, -0.25) is 4.79 Å². The standard InChI is InChI=1S/C14H14ClF3N4OS/c1-8(9-5-3-4-6-10(9)15)19-11(23)7-24-13-21-20-12(22(13)2)14(16,17)18/h3-6,8H,7H2,1-2H3,(H,19,23). The minimum absolute atomic E-state index is 0.0165. The first kappa shape index (κ1) is 18.6. The molecule has 0 aliphatic rings. The number of benzene rings is 1. The van der Waals surface area contributed by atoms with E-state index in [9.17, 15) is 18.0 Å². The first-order chi connectivity index (χ1) is 11.2. The summed E-state index contributed by atoms with van der Waals surface area (Å²) >= 11 is 6.93. The molecule has 1 N–H and O–H groups in total. The van der Waals surface area contributed by atoms with Crippen molar-refractivity contribution in [1.82, 2.24) is 20.1 Å². The van der Waals surface area contributed by atoms with E-state index in [-0.39, 0.29) is 22.9 Å². The van der Waals surface area contributed by atoms with Gasteiger partial charge in [0, 0.05) is 12.1 Å². The fourth-order valence-electron chi connectivity index (χ4n) is 2.00. The van der Waals surface area contributed by atoms with Crippen LogP contribution in [-0.2, 0) is 18.0 Å². The Bertz CT molecular complexity index is 735. The topological polar surface area (TPSA) is 59.8 Å². The van der Waals surface area contributed by atoms with Gasteiger partial charge in [-0.1, -0.05) is 41.6 Å². The molecular formula is C14H14ClF3N4OS. The molecule has 1 aromatic heterocycles. The fourth-order valence-corrected chi connectivity index (χ4v) is 3.03. The van der Waals surface area contributed by atoms with Gasteiger partial charge in [0.05, 0.1) is 11.8 Å². The van der Waals surface area contributed by atoms with E-state index >= 15 is 0 Å². The van der Waals surface area contributed by atoms with Crippen LogP contribution in [0.1, 0.15) is 24.4 Å². The molecule has 1 heterocycles. The molecule has 0 bridgehead atoms. The number of halogens is 4. The van der Waals surface area contributed by atoms with E-state index in [0.29, 0.717) is 5.02 Å². The highest BCUT2D eigenvalue weighted by atomic mass is 35.5. The SMILES string of the molecule is CC(NC(=O)CSc1nnc(C(F)(F)F)n1C)c1ccccc1Cl. The minimum atomic E-state index is -4.58. The van der Waals surface area contributed by atoms with Gasteiger partial charge in [-0.15, -0.1) is 10.2 Å². The summed E-state index contributed by atoms with van der Waals surface area (Å²) in [5.41, 5.74) is 0.760. The Balaban J connectivity index is 1.95. The molecule has 0 saturated carbocycles. The number of carbonyl (C=O) groups excluding carboxylic acids is 1. The monoisotopic (exact) mass is 378 g/mol. The number of hydrogen-bond donors (Lipinski definition) is 1. The third-order valence-corrected chi connectivity index (χ3v) is 4.53. The second-order valence-corrected chi connectivity index (χ2v) is 6.31. The molecule has 0 radical (unpaired) electrons. The summed E-state index contributed by atoms with van der Waals surface area (Å²) in [7, 11) is 1.20. The third-order valence-electron chi connectivity index (χ3n) is 3.17. The van der Waals surface area contributed by atoms with Crippen LogP contribution < -0.4 is 5.32 Å². The quantitative estimate of drug-likeness (QED) is 0.809. The molecule has 0 fully saturated rings. The lowest BCUT2D eigenvalue weighted by molar-refractivity contribution is -0.147. The molecule has 0 saturated heterocycles. The van der Waals surface area contributed by atoms with E-state index in [2.05, 4.69) is 15.5 Å². The number of hydrogen-bond acceptors (Lipinski definition) is 4. The van der Waals surface area contributed by atoms with E-state index in [0.717, 1.165) is 21.9 Å². The van der Waals surface area contributed by atoms with E-state index in [1.54, 1.807) is 31.2 Å². The van der Waals surface area contributed by atoms with Gasteiger partial charge in [0.1, 0.15) is 0 Å². The van der Waals surface area contributed by atoms with Gasteiger partial charge in [-0.25, -0.2) is 0 Å². The van der Waals surface area contributed by atoms with E-state index in [1.165, 1.54) is 7.05 Å². The predicted molar refractivity (Wildman–Crippen MR) is 84.7 cm³/mol. The van der Waals surface area contributed by atoms with Crippen molar-refractivity contribution in [3.8, 4) is 0 Å². The number of alkyl halides is 3. The Labute approximate surface area is 145 Å². The normalized spacial score (nSPS) is 12.9. The van der Waals surface area contributed by atoms with Gasteiger partial charge in [0.15, 0.2) is 5.16 Å². The number of carbonyl (C=O) groups is 1. The zero-order valence-corrected chi connectivity index (χ0v) is 14.3. The molecule has 1 aromatic carbocycles. The number of rotatable bonds is 5. The van der Waals surface area contributed by atoms with Crippen molar-refractivity contribution in [2.45, 2.75) is 24.3 Å². The molecule has 5 nitrogen and oxygen atoms in total. The van der Waals surface area contributed by atoms with Crippen molar-refractivity contribution in [2.75, 3.05) is 5.75 Å². The van der Waals surface area contributed by atoms with Gasteiger partial charge in [-0.05, 0) is 18.6 Å². The average Bonchev–Trinajstić information content (AvgIpc) is 2.86. The lowest BCUT2D eigenvalue weighted by atomic mass is 10.1. The maximum absolute atomic E-state index is 12.6. The van der Waals surface area contributed by atoms with Crippen LogP contribution in [0.2, 0.25) is 5.02 Å². The summed E-state index contributed by atoms with van der Waals surface area (Å²) < 4.78 is 38.7. The lowest BCUT2D eigenvalue weighted by Crippen LogP contribution is -2.28. The Morgan fingerprint density at radius 2 is 2.04 bits per heavy atom. The van der Waals surface area contributed by atoms with Gasteiger partial charge >= 0.3 is 6.18 Å². The van der Waals surface area contributed by atoms with E-state index in [1.807, 2.05) is 0 Å². The number of aromatic nitrogens is 3. The van der Waals surface area contributed by atoms with Crippen molar-refractivity contribution in [3.63, 3.8) is 0 Å². The highest BCUT2D eigenvalue weighted by Crippen LogP contribution is 2.29. The predicted octanol–water partition coefficient (Wildman–Crippen LogP) is 3.46. The number of amides is 1. The summed E-state index contributed by atoms with van der Waals surface area (Å²) in [4.78, 5) is 12.0. The van der Waals surface area contributed by atoms with Crippen molar-refractivity contribution < 1.29 is 18.0 Å². The van der Waals surface area contributed by atoms with E-state index in [4.69, 9.17) is 11.6 Å². The van der Waals surface area contributed by atoms with Crippen LogP contribution in [0, 0.1) is 0 Å². The minimum Gasteiger partial charge on any atom is -0.349 e. The molecule has 2 rings (SSSR count). The van der Waals surface area contributed by atoms with Crippen molar-refractivity contribution >= 4 is 29.3 Å². The molecule has 0 aliphatic heterocycles. The molecule has 1 amide bonds. The van der Waals surface area contributed by atoms with Crippen LogP contribution >= 0.6 is 23.4 Å². The van der Waals surface area contributed by atoms with Crippen LogP contribution in [0.4, 0.5) is 13.2 Å². The van der Waals surface area contributed by atoms with Crippen LogP contribution in [0.15, 0.2) is 29.4 Å². The number of nitrogens with one attached hydrogen (secondary N) is 1. The summed E-state index contributed by atoms with van der Waals surface area (Å²) in [6, 6.07) is 6.77. The Kier molecular flexibility index (Phi) is 5.76. The van der Waals surface area contributed by atoms with Crippen molar-refractivity contribution in [1.29, 1.82) is 0 Å². The molecule has 1 atom stereocenters. The maximum atomic E-state index is 12.6. The summed E-state index contributed by atoms with van der Waals surface area (Å²) in [5, 5.41) is 9.85. The molecule has 0 spiro atoms. The Morgan fingerprint density at radius 1 is 1.38 bits per heavy atom. The smallest absolute Gasteiger partial charge is 0.349 e. The van der Waals surface area contributed by atoms with Crippen molar-refractivity contribution in [3.05, 3.63) is 40.7 Å². The van der Waals surface area contributed by atoms with Gasteiger partial charge in [0.2, 0.25) is 11.7 Å². The molecule has 0 aliphatic carbocycles. The number of thioether (sulfide) groups is 1. The average molecular weight is 379 g/mol. The van der Waals surface area contributed by atoms with Gasteiger partial charge in [-0.2, -0.15) is 13.2 Å². The fraction of sp³-hybridized carbons (Fsp3) is 0.357. The number of nitrogens with zero attached hydrogens (tertiary/aromatic N) is 3. The zero-order valence-electron chi connectivity index (χ0n) is 12.8. The largest absolute Gasteiger partial charge is 0.451 e. The van der Waals surface area contributed by atoms with E-state index < -0.39 is 12.0 Å². The van der Waals surface area contributed by atoms with Crippen LogP contribution in [-0.4, -0.2) is 26.4 Å². The Morgan fingerprint density at radius 3 is 2.62 bits per heavy atom. The van der Waals surface area contributed by atoms with Crippen LogP contribution in [0.25, 0.3) is 0 Å². The zero-order chi connectivity index (χ0) is 17.9. The van der Waals surface area contributed by atoms with Crippen molar-refractivity contribution in [2.24, 2.45) is 7.05 Å². The summed E-state index contributed by atoms with van der Waals surface area (Å²) in [6.07, 6.45) is -4.58. The first-order valence-corrected chi connectivity index (χ1v) is 8.19. The highest BCUT2D eigenvalue weighted by Gasteiger charge is 2.37. The Hall–Kier alpha value is -1.74. The second-order valence-electron chi connectivity index (χ2n) is 4.96. The van der Waals surface area contributed by atoms with Crippen LogP contribution in [0.3, 0.4) is 0 Å². The molecular weight excluding hydrogens is 365 g/mol. The highest BCUT2D eigenvalue weighted by molar-refractivity contribution is 7.99. The maximum Gasteiger partial charge on any atom is 0.451 e. The molecule has 130 valence electrons. The molecule has 2 aromatic rings. The second kappa shape index (κ2) is 7.43.